The predicted molar refractivity (Wildman–Crippen MR) is 72.9 cm³/mol. The van der Waals surface area contributed by atoms with Crippen molar-refractivity contribution in [1.82, 2.24) is 4.98 Å². The Morgan fingerprint density at radius 3 is 2.53 bits per heavy atom. The molecule has 19 heavy (non-hydrogen) atoms. The summed E-state index contributed by atoms with van der Waals surface area (Å²) >= 11 is 0. The molecule has 0 unspecified atom stereocenters. The minimum Gasteiger partial charge on any atom is -0.481 e. The monoisotopic (exact) mass is 253 g/mol. The number of hydrogen-bond acceptors (Lipinski definition) is 2. The molecule has 96 valence electrons. The molecule has 0 spiro atoms. The van der Waals surface area contributed by atoms with Crippen molar-refractivity contribution < 1.29 is 9.90 Å². The summed E-state index contributed by atoms with van der Waals surface area (Å²) in [5, 5.41) is 8.94. The average Bonchev–Trinajstić information content (AvgIpc) is 3.19. The van der Waals surface area contributed by atoms with Crippen LogP contribution >= 0.6 is 0 Å². The number of benzene rings is 1. The molecule has 2 atom stereocenters. The van der Waals surface area contributed by atoms with E-state index in [9.17, 15) is 4.79 Å². The molecular weight excluding hydrogens is 238 g/mol. The molecule has 1 saturated carbocycles. The average molecular weight is 253 g/mol. The second-order valence-electron chi connectivity index (χ2n) is 5.16. The molecule has 1 fully saturated rings. The van der Waals surface area contributed by atoms with Gasteiger partial charge < -0.3 is 5.11 Å². The van der Waals surface area contributed by atoms with Crippen LogP contribution in [0.5, 0.6) is 0 Å². The van der Waals surface area contributed by atoms with Gasteiger partial charge in [-0.15, -0.1) is 0 Å². The first-order valence-electron chi connectivity index (χ1n) is 6.40. The van der Waals surface area contributed by atoms with Gasteiger partial charge in [-0.2, -0.15) is 0 Å². The Morgan fingerprint density at radius 1 is 1.21 bits per heavy atom. The summed E-state index contributed by atoms with van der Waals surface area (Å²) in [6.45, 7) is 2.02. The van der Waals surface area contributed by atoms with Gasteiger partial charge in [-0.05, 0) is 42.0 Å². The van der Waals surface area contributed by atoms with Gasteiger partial charge in [-0.3, -0.25) is 9.78 Å². The molecular formula is C16H15NO2. The molecule has 3 nitrogen and oxygen atoms in total. The maximum Gasteiger partial charge on any atom is 0.307 e. The van der Waals surface area contributed by atoms with Gasteiger partial charge in [0.15, 0.2) is 0 Å². The van der Waals surface area contributed by atoms with Crippen molar-refractivity contribution in [3.63, 3.8) is 0 Å². The zero-order valence-electron chi connectivity index (χ0n) is 10.7. The highest BCUT2D eigenvalue weighted by Gasteiger charge is 2.43. The predicted octanol–water partition coefficient (Wildman–Crippen LogP) is 3.25. The summed E-state index contributed by atoms with van der Waals surface area (Å²) in [6, 6.07) is 10.3. The Hall–Kier alpha value is -2.16. The highest BCUT2D eigenvalue weighted by atomic mass is 16.4. The summed E-state index contributed by atoms with van der Waals surface area (Å²) < 4.78 is 0. The van der Waals surface area contributed by atoms with E-state index in [2.05, 4.69) is 11.1 Å². The zero-order chi connectivity index (χ0) is 13.4. The van der Waals surface area contributed by atoms with Crippen LogP contribution in [0.2, 0.25) is 0 Å². The molecule has 0 aliphatic heterocycles. The van der Waals surface area contributed by atoms with Crippen LogP contribution in [0.1, 0.15) is 23.5 Å². The van der Waals surface area contributed by atoms with Crippen LogP contribution in [-0.2, 0) is 4.79 Å². The summed E-state index contributed by atoms with van der Waals surface area (Å²) in [6.07, 6.45) is 4.44. The van der Waals surface area contributed by atoms with E-state index in [0.29, 0.717) is 0 Å². The number of nitrogens with zero attached hydrogens (tertiary/aromatic N) is 1. The highest BCUT2D eigenvalue weighted by molar-refractivity contribution is 5.75. The molecule has 3 rings (SSSR count). The van der Waals surface area contributed by atoms with Crippen LogP contribution in [0, 0.1) is 12.8 Å². The van der Waals surface area contributed by atoms with Crippen molar-refractivity contribution in [3.05, 3.63) is 53.9 Å². The molecule has 1 aromatic heterocycles. The van der Waals surface area contributed by atoms with E-state index in [-0.39, 0.29) is 11.8 Å². The molecule has 3 heteroatoms. The van der Waals surface area contributed by atoms with Gasteiger partial charge in [0.2, 0.25) is 0 Å². The summed E-state index contributed by atoms with van der Waals surface area (Å²) in [5.74, 6) is -0.675. The fraction of sp³-hybridized carbons (Fsp3) is 0.250. The Labute approximate surface area is 111 Å². The lowest BCUT2D eigenvalue weighted by molar-refractivity contribution is -0.138. The largest absolute Gasteiger partial charge is 0.481 e. The van der Waals surface area contributed by atoms with Gasteiger partial charge in [0.25, 0.3) is 0 Å². The van der Waals surface area contributed by atoms with Crippen molar-refractivity contribution in [1.29, 1.82) is 0 Å². The van der Waals surface area contributed by atoms with E-state index < -0.39 is 5.97 Å². The van der Waals surface area contributed by atoms with Gasteiger partial charge >= 0.3 is 5.97 Å². The van der Waals surface area contributed by atoms with Crippen LogP contribution in [-0.4, -0.2) is 16.1 Å². The number of carboxylic acids is 1. The van der Waals surface area contributed by atoms with E-state index in [1.807, 2.05) is 43.6 Å². The van der Waals surface area contributed by atoms with Gasteiger partial charge in [0.05, 0.1) is 5.92 Å². The number of carbonyl (C=O) groups is 1. The van der Waals surface area contributed by atoms with Crippen LogP contribution in [0.3, 0.4) is 0 Å². The Morgan fingerprint density at radius 2 is 1.95 bits per heavy atom. The van der Waals surface area contributed by atoms with Crippen molar-refractivity contribution in [2.75, 3.05) is 0 Å². The molecule has 1 N–H and O–H groups in total. The molecule has 0 saturated heterocycles. The summed E-state index contributed by atoms with van der Waals surface area (Å²) in [4.78, 5) is 15.1. The van der Waals surface area contributed by atoms with Gasteiger partial charge in [0, 0.05) is 18.0 Å². The fourth-order valence-corrected chi connectivity index (χ4v) is 2.47. The van der Waals surface area contributed by atoms with Crippen molar-refractivity contribution in [2.45, 2.75) is 19.3 Å². The third kappa shape index (κ3) is 2.36. The molecule has 1 aromatic carbocycles. The van der Waals surface area contributed by atoms with Gasteiger partial charge in [0.1, 0.15) is 0 Å². The molecule has 0 radical (unpaired) electrons. The SMILES string of the molecule is Cc1cncc(-c2ccc([C@@H]3C[C@H]3C(=O)O)cc2)c1. The Balaban J connectivity index is 1.82. The van der Waals surface area contributed by atoms with Crippen molar-refractivity contribution in [2.24, 2.45) is 5.92 Å². The Kier molecular flexibility index (Phi) is 2.82. The lowest BCUT2D eigenvalue weighted by Crippen LogP contribution is -1.98. The summed E-state index contributed by atoms with van der Waals surface area (Å²) in [7, 11) is 0. The second-order valence-corrected chi connectivity index (χ2v) is 5.16. The van der Waals surface area contributed by atoms with E-state index in [1.54, 1.807) is 0 Å². The van der Waals surface area contributed by atoms with Crippen LogP contribution < -0.4 is 0 Å². The molecule has 1 heterocycles. The van der Waals surface area contributed by atoms with E-state index >= 15 is 0 Å². The molecule has 1 aliphatic carbocycles. The second kappa shape index (κ2) is 4.50. The lowest BCUT2D eigenvalue weighted by Gasteiger charge is -2.04. The number of hydrogen-bond donors (Lipinski definition) is 1. The zero-order valence-corrected chi connectivity index (χ0v) is 10.7. The Bertz CT molecular complexity index is 619. The smallest absolute Gasteiger partial charge is 0.307 e. The quantitative estimate of drug-likeness (QED) is 0.913. The van der Waals surface area contributed by atoms with E-state index in [1.165, 1.54) is 0 Å². The molecule has 0 bridgehead atoms. The van der Waals surface area contributed by atoms with E-state index in [0.717, 1.165) is 28.7 Å². The number of aliphatic carboxylic acids is 1. The first kappa shape index (κ1) is 11.9. The minimum atomic E-state index is -0.683. The number of aromatic nitrogens is 1. The van der Waals surface area contributed by atoms with Crippen LogP contribution in [0.15, 0.2) is 42.7 Å². The maximum absolute atomic E-state index is 10.9. The van der Waals surface area contributed by atoms with E-state index in [4.69, 9.17) is 5.11 Å². The number of pyridine rings is 1. The first-order chi connectivity index (χ1) is 9.15. The van der Waals surface area contributed by atoms with Crippen molar-refractivity contribution >= 4 is 5.97 Å². The van der Waals surface area contributed by atoms with Crippen LogP contribution in [0.4, 0.5) is 0 Å². The standard InChI is InChI=1S/C16H15NO2/c1-10-6-13(9-17-8-10)11-2-4-12(5-3-11)14-7-15(14)16(18)19/h2-6,8-9,14-15H,7H2,1H3,(H,18,19)/t14-,15+/m0/s1. The van der Waals surface area contributed by atoms with Gasteiger partial charge in [-0.25, -0.2) is 0 Å². The molecule has 0 amide bonds. The van der Waals surface area contributed by atoms with Crippen molar-refractivity contribution in [3.8, 4) is 11.1 Å². The third-order valence-corrected chi connectivity index (χ3v) is 3.65. The first-order valence-corrected chi connectivity index (χ1v) is 6.40. The lowest BCUT2D eigenvalue weighted by atomic mass is 10.0. The number of rotatable bonds is 3. The third-order valence-electron chi connectivity index (χ3n) is 3.65. The highest BCUT2D eigenvalue weighted by Crippen LogP contribution is 2.47. The molecule has 2 aromatic rings. The maximum atomic E-state index is 10.9. The molecule has 1 aliphatic rings. The topological polar surface area (TPSA) is 50.2 Å². The summed E-state index contributed by atoms with van der Waals surface area (Å²) in [5.41, 5.74) is 4.47. The fourth-order valence-electron chi connectivity index (χ4n) is 2.47. The number of aryl methyl sites for hydroxylation is 1. The minimum absolute atomic E-state index is 0.188. The van der Waals surface area contributed by atoms with Gasteiger partial charge in [-0.1, -0.05) is 24.3 Å². The van der Waals surface area contributed by atoms with Crippen LogP contribution in [0.25, 0.3) is 11.1 Å². The number of carboxylic acid groups (broad SMARTS) is 1. The normalized spacial score (nSPS) is 21.1.